The van der Waals surface area contributed by atoms with Crippen LogP contribution in [0.5, 0.6) is 0 Å². The molecule has 0 saturated carbocycles. The SMILES string of the molecule is CNCC(=O)NCCCCc1ncc(-c2ccc(C#Cc3ccc4c(c3)CCc3[nH]c(C5CCCN5C(=O)C(NC(=O)OC)C(C)C)nc3-4)nc2)[nH]1. The zero-order chi connectivity index (χ0) is 36.6. The molecule has 3 aromatic heterocycles. The predicted molar refractivity (Wildman–Crippen MR) is 197 cm³/mol. The lowest BCUT2D eigenvalue weighted by atomic mass is 9.91. The van der Waals surface area contributed by atoms with Crippen molar-refractivity contribution in [3.63, 3.8) is 0 Å². The molecule has 0 radical (unpaired) electrons. The van der Waals surface area contributed by atoms with E-state index in [0.29, 0.717) is 25.3 Å². The molecule has 0 spiro atoms. The first-order valence-electron chi connectivity index (χ1n) is 18.0. The van der Waals surface area contributed by atoms with Crippen LogP contribution in [0, 0.1) is 17.8 Å². The summed E-state index contributed by atoms with van der Waals surface area (Å²) in [6.45, 7) is 5.43. The van der Waals surface area contributed by atoms with Crippen molar-refractivity contribution >= 4 is 17.9 Å². The van der Waals surface area contributed by atoms with Gasteiger partial charge in [-0.2, -0.15) is 0 Å². The molecule has 1 saturated heterocycles. The molecule has 5 N–H and O–H groups in total. The third-order valence-electron chi connectivity index (χ3n) is 9.58. The van der Waals surface area contributed by atoms with Crippen LogP contribution in [0.4, 0.5) is 4.79 Å². The smallest absolute Gasteiger partial charge is 0.407 e. The van der Waals surface area contributed by atoms with E-state index in [2.05, 4.69) is 59.9 Å². The Morgan fingerprint density at radius 3 is 2.69 bits per heavy atom. The Bertz CT molecular complexity index is 1950. The molecule has 272 valence electrons. The average Bonchev–Trinajstić information content (AvgIpc) is 3.93. The number of methoxy groups -OCH3 is 1. The topological polar surface area (TPSA) is 170 Å². The number of aromatic nitrogens is 5. The molecular formula is C39H47N9O4. The molecule has 2 atom stereocenters. The standard InChI is InChI=1S/C39H47N9O4/c1-24(2)35(47-39(51)52-4)38(50)48-19-7-8-32(48)37-45-30-17-13-26-20-25(11-16-29(26)36(30)46-37)10-14-28-15-12-27(21-42-28)31-22-43-33(44-31)9-5-6-18-41-34(49)23-40-3/h11-12,15-16,20-22,24,32,35,40H,5-9,13,17-19,23H2,1-4H3,(H,41,49)(H,43,44)(H,45,46)(H,47,51). The fourth-order valence-electron chi connectivity index (χ4n) is 6.82. The number of unbranched alkanes of at least 4 members (excludes halogenated alkanes) is 1. The van der Waals surface area contributed by atoms with Gasteiger partial charge in [-0.05, 0) is 87.2 Å². The first-order valence-corrected chi connectivity index (χ1v) is 18.0. The second-order valence-electron chi connectivity index (χ2n) is 13.6. The van der Waals surface area contributed by atoms with E-state index in [9.17, 15) is 14.4 Å². The van der Waals surface area contributed by atoms with Gasteiger partial charge < -0.3 is 35.6 Å². The van der Waals surface area contributed by atoms with Crippen LogP contribution >= 0.6 is 0 Å². The molecule has 13 nitrogen and oxygen atoms in total. The number of aryl methyl sites for hydroxylation is 3. The number of H-pyrrole nitrogens is 2. The van der Waals surface area contributed by atoms with Crippen molar-refractivity contribution in [2.75, 3.05) is 33.8 Å². The number of aromatic amines is 2. The minimum Gasteiger partial charge on any atom is -0.453 e. The lowest BCUT2D eigenvalue weighted by Crippen LogP contribution is -2.51. The van der Waals surface area contributed by atoms with E-state index in [0.717, 1.165) is 90.4 Å². The number of amides is 3. The van der Waals surface area contributed by atoms with E-state index in [1.54, 1.807) is 13.2 Å². The van der Waals surface area contributed by atoms with Crippen molar-refractivity contribution < 1.29 is 19.1 Å². The van der Waals surface area contributed by atoms with Gasteiger partial charge in [0.15, 0.2) is 0 Å². The van der Waals surface area contributed by atoms with Crippen LogP contribution in [-0.2, 0) is 33.6 Å². The van der Waals surface area contributed by atoms with Crippen LogP contribution in [0.1, 0.15) is 79.7 Å². The summed E-state index contributed by atoms with van der Waals surface area (Å²) in [5.41, 5.74) is 7.71. The molecule has 1 aliphatic carbocycles. The molecule has 6 rings (SSSR count). The zero-order valence-electron chi connectivity index (χ0n) is 30.3. The second-order valence-corrected chi connectivity index (χ2v) is 13.6. The largest absolute Gasteiger partial charge is 0.453 e. The molecule has 1 aliphatic heterocycles. The summed E-state index contributed by atoms with van der Waals surface area (Å²) in [5, 5.41) is 8.45. The van der Waals surface area contributed by atoms with E-state index in [1.165, 1.54) is 12.7 Å². The summed E-state index contributed by atoms with van der Waals surface area (Å²) in [4.78, 5) is 60.0. The molecule has 13 heteroatoms. The number of nitrogens with zero attached hydrogens (tertiary/aromatic N) is 4. The van der Waals surface area contributed by atoms with Gasteiger partial charge in [-0.25, -0.2) is 19.7 Å². The summed E-state index contributed by atoms with van der Waals surface area (Å²) in [6, 6.07) is 9.29. The Hall–Kier alpha value is -5.48. The number of ether oxygens (including phenoxy) is 1. The molecule has 0 bridgehead atoms. The maximum atomic E-state index is 13.6. The number of alkyl carbamates (subject to hydrolysis) is 1. The van der Waals surface area contributed by atoms with Crippen LogP contribution in [0.15, 0.2) is 42.7 Å². The zero-order valence-corrected chi connectivity index (χ0v) is 30.3. The lowest BCUT2D eigenvalue weighted by molar-refractivity contribution is -0.135. The van der Waals surface area contributed by atoms with Gasteiger partial charge in [0.05, 0.1) is 37.3 Å². The van der Waals surface area contributed by atoms with E-state index < -0.39 is 12.1 Å². The Balaban J connectivity index is 1.08. The van der Waals surface area contributed by atoms with Crippen LogP contribution in [0.25, 0.3) is 22.5 Å². The number of carbonyl (C=O) groups is 3. The van der Waals surface area contributed by atoms with E-state index in [-0.39, 0.29) is 23.8 Å². The van der Waals surface area contributed by atoms with Gasteiger partial charge in [0.1, 0.15) is 23.4 Å². The summed E-state index contributed by atoms with van der Waals surface area (Å²) in [5.74, 6) is 7.97. The fourth-order valence-corrected chi connectivity index (χ4v) is 6.82. The quantitative estimate of drug-likeness (QED) is 0.109. The molecule has 4 heterocycles. The highest BCUT2D eigenvalue weighted by atomic mass is 16.5. The molecular weight excluding hydrogens is 658 g/mol. The van der Waals surface area contributed by atoms with Gasteiger partial charge in [0.25, 0.3) is 0 Å². The van der Waals surface area contributed by atoms with Crippen LogP contribution in [-0.4, -0.2) is 87.6 Å². The van der Waals surface area contributed by atoms with Crippen LogP contribution < -0.4 is 16.0 Å². The molecule has 4 aromatic rings. The number of benzene rings is 1. The second kappa shape index (κ2) is 16.7. The number of hydrogen-bond acceptors (Lipinski definition) is 8. The highest BCUT2D eigenvalue weighted by molar-refractivity contribution is 5.86. The number of likely N-dealkylation sites (tertiary alicyclic amines) is 1. The molecule has 3 amide bonds. The molecule has 1 aromatic carbocycles. The molecule has 2 aliphatic rings. The first-order chi connectivity index (χ1) is 25.2. The molecule has 1 fully saturated rings. The third-order valence-corrected chi connectivity index (χ3v) is 9.58. The Labute approximate surface area is 304 Å². The summed E-state index contributed by atoms with van der Waals surface area (Å²) < 4.78 is 4.77. The van der Waals surface area contributed by atoms with Crippen molar-refractivity contribution in [1.29, 1.82) is 0 Å². The third kappa shape index (κ3) is 8.51. The van der Waals surface area contributed by atoms with Gasteiger partial charge in [0, 0.05) is 48.1 Å². The van der Waals surface area contributed by atoms with Gasteiger partial charge >= 0.3 is 6.09 Å². The fraction of sp³-hybridized carbons (Fsp3) is 0.436. The van der Waals surface area contributed by atoms with Crippen LogP contribution in [0.3, 0.4) is 0 Å². The number of hydrogen-bond donors (Lipinski definition) is 5. The summed E-state index contributed by atoms with van der Waals surface area (Å²) in [6.07, 6.45) is 8.98. The van der Waals surface area contributed by atoms with Crippen molar-refractivity contribution in [3.8, 4) is 34.4 Å². The van der Waals surface area contributed by atoms with Gasteiger partial charge in [-0.1, -0.05) is 25.8 Å². The minimum atomic E-state index is -0.673. The number of nitrogens with one attached hydrogen (secondary N) is 5. The van der Waals surface area contributed by atoms with Crippen molar-refractivity contribution in [2.24, 2.45) is 5.92 Å². The number of fused-ring (bicyclic) bond motifs is 3. The molecule has 2 unspecified atom stereocenters. The van der Waals surface area contributed by atoms with E-state index >= 15 is 0 Å². The summed E-state index contributed by atoms with van der Waals surface area (Å²) >= 11 is 0. The minimum absolute atomic E-state index is 0.00631. The Morgan fingerprint density at radius 1 is 1.06 bits per heavy atom. The van der Waals surface area contributed by atoms with Gasteiger partial charge in [-0.15, -0.1) is 0 Å². The maximum Gasteiger partial charge on any atom is 0.407 e. The Morgan fingerprint density at radius 2 is 1.92 bits per heavy atom. The highest BCUT2D eigenvalue weighted by Crippen LogP contribution is 2.37. The number of carbonyl (C=O) groups excluding carboxylic acids is 3. The van der Waals surface area contributed by atoms with E-state index in [1.807, 2.05) is 43.1 Å². The maximum absolute atomic E-state index is 13.6. The summed E-state index contributed by atoms with van der Waals surface area (Å²) in [7, 11) is 3.05. The first kappa shape index (κ1) is 36.3. The van der Waals surface area contributed by atoms with Crippen molar-refractivity contribution in [2.45, 2.75) is 70.9 Å². The van der Waals surface area contributed by atoms with E-state index in [4.69, 9.17) is 9.72 Å². The van der Waals surface area contributed by atoms with Gasteiger partial charge in [0.2, 0.25) is 11.8 Å². The van der Waals surface area contributed by atoms with Crippen molar-refractivity contribution in [1.82, 2.24) is 45.8 Å². The average molecular weight is 706 g/mol. The normalized spacial score (nSPS) is 15.3. The monoisotopic (exact) mass is 705 g/mol. The van der Waals surface area contributed by atoms with Crippen LogP contribution in [0.2, 0.25) is 0 Å². The number of likely N-dealkylation sites (N-methyl/N-ethyl adjacent to an activating group) is 1. The lowest BCUT2D eigenvalue weighted by Gasteiger charge is -2.30. The van der Waals surface area contributed by atoms with Gasteiger partial charge in [-0.3, -0.25) is 9.59 Å². The highest BCUT2D eigenvalue weighted by Gasteiger charge is 2.38. The predicted octanol–water partition coefficient (Wildman–Crippen LogP) is 4.06. The molecule has 52 heavy (non-hydrogen) atoms. The number of rotatable bonds is 12. The van der Waals surface area contributed by atoms with Crippen molar-refractivity contribution in [3.05, 3.63) is 76.9 Å². The Kier molecular flexibility index (Phi) is 11.7. The number of pyridine rings is 1. The number of imidazole rings is 2.